The van der Waals surface area contributed by atoms with Crippen LogP contribution < -0.4 is 5.73 Å². The zero-order valence-corrected chi connectivity index (χ0v) is 13.0. The van der Waals surface area contributed by atoms with E-state index < -0.39 is 5.97 Å². The molecule has 0 aliphatic carbocycles. The van der Waals surface area contributed by atoms with E-state index in [0.717, 1.165) is 38.5 Å². The quantitative estimate of drug-likeness (QED) is 0.431. The molecule has 0 aliphatic rings. The molecule has 0 aliphatic heterocycles. The topological polar surface area (TPSA) is 76.5 Å². The second-order valence-corrected chi connectivity index (χ2v) is 4.59. The number of carbonyl (C=O) groups is 1. The zero-order chi connectivity index (χ0) is 16.6. The summed E-state index contributed by atoms with van der Waals surface area (Å²) in [6, 6.07) is 3.58. The largest absolute Gasteiger partial charge is 0.481 e. The van der Waals surface area contributed by atoms with Crippen LogP contribution in [0.2, 0.25) is 0 Å². The van der Waals surface area contributed by atoms with Gasteiger partial charge in [-0.2, -0.15) is 0 Å². The fourth-order valence-corrected chi connectivity index (χ4v) is 1.74. The van der Waals surface area contributed by atoms with Crippen LogP contribution in [0, 0.1) is 11.8 Å². The highest BCUT2D eigenvalue weighted by molar-refractivity contribution is 5.66. The molecule has 4 nitrogen and oxygen atoms in total. The Morgan fingerprint density at radius 1 is 1.27 bits per heavy atom. The average Bonchev–Trinajstić information content (AvgIpc) is 3.03. The highest BCUT2D eigenvalue weighted by Gasteiger charge is 1.96. The number of carboxylic acid groups (broad SMARTS) is 1. The van der Waals surface area contributed by atoms with Crippen LogP contribution in [-0.4, -0.2) is 11.1 Å². The number of rotatable bonds is 8. The summed E-state index contributed by atoms with van der Waals surface area (Å²) >= 11 is 0. The van der Waals surface area contributed by atoms with Crippen LogP contribution in [-0.2, 0) is 4.79 Å². The van der Waals surface area contributed by atoms with E-state index in [9.17, 15) is 4.79 Å². The maximum Gasteiger partial charge on any atom is 0.303 e. The molecular weight excluding hydrogens is 278 g/mol. The summed E-state index contributed by atoms with van der Waals surface area (Å²) in [5.74, 6) is 5.58. The Morgan fingerprint density at radius 3 is 2.59 bits per heavy atom. The monoisotopic (exact) mass is 303 g/mol. The third-order valence-corrected chi connectivity index (χ3v) is 2.81. The summed E-state index contributed by atoms with van der Waals surface area (Å²) in [6.45, 7) is 6.00. The molecule has 1 heterocycles. The van der Waals surface area contributed by atoms with Crippen LogP contribution in [0.3, 0.4) is 0 Å². The SMILES string of the molecule is C=C.N/C(C#Cc1ccco1)=C/CCCCCCCC(=O)O. The van der Waals surface area contributed by atoms with Crippen molar-refractivity contribution in [1.29, 1.82) is 0 Å². The number of allylic oxidation sites excluding steroid dienone is 2. The lowest BCUT2D eigenvalue weighted by Crippen LogP contribution is -1.94. The summed E-state index contributed by atoms with van der Waals surface area (Å²) in [5, 5.41) is 8.49. The lowest BCUT2D eigenvalue weighted by atomic mass is 10.1. The molecule has 0 saturated carbocycles. The van der Waals surface area contributed by atoms with Crippen LogP contribution >= 0.6 is 0 Å². The first kappa shape index (κ1) is 19.6. The molecule has 3 N–H and O–H groups in total. The fourth-order valence-electron chi connectivity index (χ4n) is 1.74. The molecule has 0 bridgehead atoms. The van der Waals surface area contributed by atoms with Gasteiger partial charge in [0.2, 0.25) is 0 Å². The van der Waals surface area contributed by atoms with Crippen LogP contribution in [0.15, 0.2) is 47.7 Å². The summed E-state index contributed by atoms with van der Waals surface area (Å²) in [7, 11) is 0. The standard InChI is InChI=1S/C16H21NO3.C2H4/c17-14(11-12-15-9-7-13-20-15)8-5-3-1-2-4-6-10-16(18)19;1-2/h7-9,13H,1-6,10,17H2,(H,18,19);1-2H2/b14-8+;. The molecule has 4 heteroatoms. The first-order valence-corrected chi connectivity index (χ1v) is 7.41. The van der Waals surface area contributed by atoms with E-state index in [1.807, 2.05) is 6.08 Å². The number of hydrogen-bond donors (Lipinski definition) is 2. The minimum absolute atomic E-state index is 0.273. The van der Waals surface area contributed by atoms with E-state index in [0.29, 0.717) is 11.5 Å². The van der Waals surface area contributed by atoms with Crippen molar-refractivity contribution in [3.63, 3.8) is 0 Å². The molecule has 120 valence electrons. The number of carboxylic acids is 1. The van der Waals surface area contributed by atoms with Crippen molar-refractivity contribution in [3.05, 3.63) is 49.1 Å². The number of aliphatic carboxylic acids is 1. The van der Waals surface area contributed by atoms with Gasteiger partial charge in [0.15, 0.2) is 5.76 Å². The van der Waals surface area contributed by atoms with Gasteiger partial charge < -0.3 is 15.3 Å². The molecule has 0 aromatic carbocycles. The van der Waals surface area contributed by atoms with E-state index in [4.69, 9.17) is 15.3 Å². The van der Waals surface area contributed by atoms with Gasteiger partial charge in [0.05, 0.1) is 12.0 Å². The summed E-state index contributed by atoms with van der Waals surface area (Å²) in [6.07, 6.45) is 9.63. The first-order chi connectivity index (χ1) is 10.7. The number of hydrogen-bond acceptors (Lipinski definition) is 3. The van der Waals surface area contributed by atoms with Crippen LogP contribution in [0.4, 0.5) is 0 Å². The predicted molar refractivity (Wildman–Crippen MR) is 89.1 cm³/mol. The van der Waals surface area contributed by atoms with Gasteiger partial charge in [0.1, 0.15) is 0 Å². The van der Waals surface area contributed by atoms with E-state index in [-0.39, 0.29) is 6.42 Å². The van der Waals surface area contributed by atoms with Crippen molar-refractivity contribution >= 4 is 5.97 Å². The maximum absolute atomic E-state index is 10.3. The van der Waals surface area contributed by atoms with Gasteiger partial charge in [-0.3, -0.25) is 4.79 Å². The Labute approximate surface area is 132 Å². The normalized spacial score (nSPS) is 10.1. The highest BCUT2D eigenvalue weighted by atomic mass is 16.4. The van der Waals surface area contributed by atoms with Crippen molar-refractivity contribution in [2.75, 3.05) is 0 Å². The molecular formula is C18H25NO3. The third-order valence-electron chi connectivity index (χ3n) is 2.81. The fraction of sp³-hybridized carbons (Fsp3) is 0.389. The zero-order valence-electron chi connectivity index (χ0n) is 13.0. The summed E-state index contributed by atoms with van der Waals surface area (Å²) in [4.78, 5) is 10.3. The molecule has 0 radical (unpaired) electrons. The predicted octanol–water partition coefficient (Wildman–Crippen LogP) is 4.09. The van der Waals surface area contributed by atoms with Crippen LogP contribution in [0.1, 0.15) is 50.7 Å². The second-order valence-electron chi connectivity index (χ2n) is 4.59. The Bertz CT molecular complexity index is 492. The van der Waals surface area contributed by atoms with Crippen LogP contribution in [0.5, 0.6) is 0 Å². The molecule has 0 atom stereocenters. The molecule has 1 aromatic heterocycles. The molecule has 22 heavy (non-hydrogen) atoms. The van der Waals surface area contributed by atoms with E-state index >= 15 is 0 Å². The number of unbranched alkanes of at least 4 members (excludes halogenated alkanes) is 5. The van der Waals surface area contributed by atoms with Gasteiger partial charge in [-0.15, -0.1) is 13.2 Å². The van der Waals surface area contributed by atoms with Crippen molar-refractivity contribution in [2.45, 2.75) is 44.9 Å². The molecule has 1 rings (SSSR count). The van der Waals surface area contributed by atoms with Crippen molar-refractivity contribution < 1.29 is 14.3 Å². The van der Waals surface area contributed by atoms with Gasteiger partial charge in [0, 0.05) is 6.42 Å². The van der Waals surface area contributed by atoms with E-state index in [1.54, 1.807) is 18.4 Å². The highest BCUT2D eigenvalue weighted by Crippen LogP contribution is 2.08. The number of furan rings is 1. The minimum atomic E-state index is -0.712. The Kier molecular flexibility index (Phi) is 12.1. The molecule has 0 spiro atoms. The molecule has 0 unspecified atom stereocenters. The van der Waals surface area contributed by atoms with Gasteiger partial charge in [-0.1, -0.05) is 25.3 Å². The smallest absolute Gasteiger partial charge is 0.303 e. The minimum Gasteiger partial charge on any atom is -0.481 e. The van der Waals surface area contributed by atoms with Gasteiger partial charge >= 0.3 is 5.97 Å². The lowest BCUT2D eigenvalue weighted by molar-refractivity contribution is -0.137. The maximum atomic E-state index is 10.3. The Morgan fingerprint density at radius 2 is 1.95 bits per heavy atom. The number of nitrogens with two attached hydrogens (primary N) is 1. The molecule has 1 aromatic rings. The Hall–Kier alpha value is -2.41. The molecule has 0 saturated heterocycles. The first-order valence-electron chi connectivity index (χ1n) is 7.41. The van der Waals surface area contributed by atoms with Crippen molar-refractivity contribution in [1.82, 2.24) is 0 Å². The van der Waals surface area contributed by atoms with Gasteiger partial charge in [-0.05, 0) is 43.2 Å². The lowest BCUT2D eigenvalue weighted by Gasteiger charge is -1.98. The third kappa shape index (κ3) is 11.4. The summed E-state index contributed by atoms with van der Waals surface area (Å²) in [5.41, 5.74) is 6.33. The van der Waals surface area contributed by atoms with Crippen LogP contribution in [0.25, 0.3) is 0 Å². The second kappa shape index (κ2) is 13.6. The van der Waals surface area contributed by atoms with E-state index in [1.165, 1.54) is 0 Å². The van der Waals surface area contributed by atoms with E-state index in [2.05, 4.69) is 25.0 Å². The van der Waals surface area contributed by atoms with Gasteiger partial charge in [0.25, 0.3) is 0 Å². The molecule has 0 fully saturated rings. The van der Waals surface area contributed by atoms with Gasteiger partial charge in [-0.25, -0.2) is 0 Å². The molecule has 0 amide bonds. The van der Waals surface area contributed by atoms with Crippen molar-refractivity contribution in [2.24, 2.45) is 5.73 Å². The Balaban J connectivity index is 0.00000211. The van der Waals surface area contributed by atoms with Crippen molar-refractivity contribution in [3.8, 4) is 11.8 Å². The summed E-state index contributed by atoms with van der Waals surface area (Å²) < 4.78 is 5.08. The average molecular weight is 303 g/mol.